The molecule has 2 aliphatic carbocycles. The van der Waals surface area contributed by atoms with Gasteiger partial charge in [0, 0.05) is 0 Å². The number of allylic oxidation sites excluding steroid dienone is 12. The molecular weight excluding hydrogens is 192 g/mol. The molecular formula is C16H18. The van der Waals surface area contributed by atoms with Crippen molar-refractivity contribution in [2.45, 2.75) is 27.2 Å². The molecule has 0 nitrogen and oxygen atoms in total. The Morgan fingerprint density at radius 1 is 0.812 bits per heavy atom. The smallest absolute Gasteiger partial charge is 0.00608 e. The molecule has 82 valence electrons. The largest absolute Gasteiger partial charge is 0.0689 e. The Kier molecular flexibility index (Phi) is 3.09. The molecule has 0 unspecified atom stereocenters. The van der Waals surface area contributed by atoms with Gasteiger partial charge in [-0.3, -0.25) is 0 Å². The molecule has 0 bridgehead atoms. The molecule has 0 aliphatic heterocycles. The van der Waals surface area contributed by atoms with Crippen molar-refractivity contribution in [1.82, 2.24) is 0 Å². The molecule has 0 aromatic carbocycles. The SMILES string of the molecule is CC1=CC=CC2=C(C=CC(C)=C(C)C=C2)C1. The minimum Gasteiger partial charge on any atom is -0.0689 e. The zero-order chi connectivity index (χ0) is 11.5. The number of hydrogen-bond acceptors (Lipinski definition) is 0. The number of hydrogen-bond donors (Lipinski definition) is 0. The van der Waals surface area contributed by atoms with E-state index in [0.29, 0.717) is 0 Å². The van der Waals surface area contributed by atoms with Crippen LogP contribution in [0.25, 0.3) is 0 Å². The fourth-order valence-corrected chi connectivity index (χ4v) is 1.91. The minimum absolute atomic E-state index is 1.05. The average Bonchev–Trinajstić information content (AvgIpc) is 2.43. The van der Waals surface area contributed by atoms with Gasteiger partial charge in [-0.25, -0.2) is 0 Å². The van der Waals surface area contributed by atoms with Gasteiger partial charge in [0.2, 0.25) is 0 Å². The molecule has 0 spiro atoms. The lowest BCUT2D eigenvalue weighted by atomic mass is 9.97. The molecule has 0 aromatic rings. The van der Waals surface area contributed by atoms with Crippen LogP contribution in [0, 0.1) is 0 Å². The van der Waals surface area contributed by atoms with Gasteiger partial charge in [-0.15, -0.1) is 0 Å². The third kappa shape index (κ3) is 2.33. The Morgan fingerprint density at radius 2 is 1.50 bits per heavy atom. The van der Waals surface area contributed by atoms with E-state index in [0.717, 1.165) is 6.42 Å². The molecule has 2 rings (SSSR count). The van der Waals surface area contributed by atoms with E-state index in [2.05, 4.69) is 63.3 Å². The van der Waals surface area contributed by atoms with Crippen LogP contribution in [-0.4, -0.2) is 0 Å². The lowest BCUT2D eigenvalue weighted by Crippen LogP contribution is -1.89. The Labute approximate surface area is 98.1 Å². The monoisotopic (exact) mass is 210 g/mol. The summed E-state index contributed by atoms with van der Waals surface area (Å²) in [6.45, 7) is 6.51. The molecule has 16 heavy (non-hydrogen) atoms. The first-order chi connectivity index (χ1) is 7.66. The molecule has 0 atom stereocenters. The van der Waals surface area contributed by atoms with Gasteiger partial charge in [-0.05, 0) is 49.5 Å². The summed E-state index contributed by atoms with van der Waals surface area (Å²) >= 11 is 0. The van der Waals surface area contributed by atoms with Crippen LogP contribution in [0.5, 0.6) is 0 Å². The molecule has 0 aromatic heterocycles. The van der Waals surface area contributed by atoms with Crippen molar-refractivity contribution in [3.63, 3.8) is 0 Å². The molecule has 0 saturated heterocycles. The zero-order valence-electron chi connectivity index (χ0n) is 10.2. The van der Waals surface area contributed by atoms with E-state index in [1.54, 1.807) is 0 Å². The molecule has 0 N–H and O–H groups in total. The van der Waals surface area contributed by atoms with E-state index >= 15 is 0 Å². The Bertz CT molecular complexity index is 474. The third-order valence-electron chi connectivity index (χ3n) is 3.17. The van der Waals surface area contributed by atoms with Crippen molar-refractivity contribution in [3.8, 4) is 0 Å². The van der Waals surface area contributed by atoms with E-state index in [9.17, 15) is 0 Å². The molecule has 0 heteroatoms. The van der Waals surface area contributed by atoms with E-state index in [1.165, 1.54) is 27.9 Å². The summed E-state index contributed by atoms with van der Waals surface area (Å²) in [4.78, 5) is 0. The highest BCUT2D eigenvalue weighted by atomic mass is 14.1. The van der Waals surface area contributed by atoms with Crippen LogP contribution in [0.15, 0.2) is 70.4 Å². The van der Waals surface area contributed by atoms with E-state index in [1.807, 2.05) is 0 Å². The standard InChI is InChI=1S/C16H18/c1-12-5-4-6-15-9-7-13(2)14(3)8-10-16(15)11-12/h4-10H,11H2,1-3H3. The van der Waals surface area contributed by atoms with Gasteiger partial charge < -0.3 is 0 Å². The molecule has 2 aliphatic rings. The van der Waals surface area contributed by atoms with Crippen LogP contribution in [0.2, 0.25) is 0 Å². The van der Waals surface area contributed by atoms with E-state index < -0.39 is 0 Å². The molecule has 0 radical (unpaired) electrons. The quantitative estimate of drug-likeness (QED) is 0.546. The lowest BCUT2D eigenvalue weighted by molar-refractivity contribution is 1.14. The van der Waals surface area contributed by atoms with E-state index in [-0.39, 0.29) is 0 Å². The lowest BCUT2D eigenvalue weighted by Gasteiger charge is -2.08. The fraction of sp³-hybridized carbons (Fsp3) is 0.250. The highest BCUT2D eigenvalue weighted by Crippen LogP contribution is 2.24. The summed E-state index contributed by atoms with van der Waals surface area (Å²) in [6.07, 6.45) is 16.5. The maximum atomic E-state index is 2.25. The fourth-order valence-electron chi connectivity index (χ4n) is 1.91. The average molecular weight is 210 g/mol. The second kappa shape index (κ2) is 4.52. The van der Waals surface area contributed by atoms with Gasteiger partial charge in [-0.1, -0.05) is 48.1 Å². The van der Waals surface area contributed by atoms with Crippen molar-refractivity contribution < 1.29 is 0 Å². The van der Waals surface area contributed by atoms with Crippen molar-refractivity contribution in [1.29, 1.82) is 0 Å². The van der Waals surface area contributed by atoms with Crippen molar-refractivity contribution >= 4 is 0 Å². The summed E-state index contributed by atoms with van der Waals surface area (Å²) in [7, 11) is 0. The maximum absolute atomic E-state index is 2.25. The van der Waals surface area contributed by atoms with Gasteiger partial charge in [0.15, 0.2) is 0 Å². The number of rotatable bonds is 0. The van der Waals surface area contributed by atoms with Crippen LogP contribution in [0.4, 0.5) is 0 Å². The summed E-state index contributed by atoms with van der Waals surface area (Å²) in [5, 5.41) is 0. The molecule has 0 saturated carbocycles. The molecule has 0 fully saturated rings. The van der Waals surface area contributed by atoms with Gasteiger partial charge in [0.05, 0.1) is 0 Å². The second-order valence-electron chi connectivity index (χ2n) is 4.56. The summed E-state index contributed by atoms with van der Waals surface area (Å²) in [5.41, 5.74) is 6.84. The topological polar surface area (TPSA) is 0 Å². The van der Waals surface area contributed by atoms with Crippen LogP contribution in [0.3, 0.4) is 0 Å². The maximum Gasteiger partial charge on any atom is -0.00608 e. The summed E-state index contributed by atoms with van der Waals surface area (Å²) in [6, 6.07) is 0. The predicted molar refractivity (Wildman–Crippen MR) is 71.2 cm³/mol. The van der Waals surface area contributed by atoms with Gasteiger partial charge >= 0.3 is 0 Å². The van der Waals surface area contributed by atoms with Crippen molar-refractivity contribution in [2.75, 3.05) is 0 Å². The Hall–Kier alpha value is -1.56. The van der Waals surface area contributed by atoms with Crippen LogP contribution in [0.1, 0.15) is 27.2 Å². The summed E-state index contributed by atoms with van der Waals surface area (Å²) < 4.78 is 0. The van der Waals surface area contributed by atoms with Gasteiger partial charge in [-0.2, -0.15) is 0 Å². The highest BCUT2D eigenvalue weighted by Gasteiger charge is 2.05. The zero-order valence-corrected chi connectivity index (χ0v) is 10.2. The first-order valence-electron chi connectivity index (χ1n) is 5.77. The van der Waals surface area contributed by atoms with Crippen LogP contribution >= 0.6 is 0 Å². The first-order valence-corrected chi connectivity index (χ1v) is 5.77. The Balaban J connectivity index is 2.43. The second-order valence-corrected chi connectivity index (χ2v) is 4.56. The predicted octanol–water partition coefficient (Wildman–Crippen LogP) is 4.65. The van der Waals surface area contributed by atoms with Crippen LogP contribution < -0.4 is 0 Å². The Morgan fingerprint density at radius 3 is 2.25 bits per heavy atom. The third-order valence-corrected chi connectivity index (χ3v) is 3.17. The highest BCUT2D eigenvalue weighted by molar-refractivity contribution is 5.50. The first kappa shape index (κ1) is 10.9. The van der Waals surface area contributed by atoms with Crippen molar-refractivity contribution in [3.05, 3.63) is 70.4 Å². The molecule has 0 amide bonds. The van der Waals surface area contributed by atoms with Crippen molar-refractivity contribution in [2.24, 2.45) is 0 Å². The van der Waals surface area contributed by atoms with Crippen LogP contribution in [-0.2, 0) is 0 Å². The molecule has 0 heterocycles. The summed E-state index contributed by atoms with van der Waals surface area (Å²) in [5.74, 6) is 0. The van der Waals surface area contributed by atoms with E-state index in [4.69, 9.17) is 0 Å². The van der Waals surface area contributed by atoms with Gasteiger partial charge in [0.1, 0.15) is 0 Å². The normalized spacial score (nSPS) is 20.3. The van der Waals surface area contributed by atoms with Gasteiger partial charge in [0.25, 0.3) is 0 Å². The minimum atomic E-state index is 1.05.